The first kappa shape index (κ1) is 23.4. The fraction of sp³-hybridized carbons (Fsp3) is 0.519. The monoisotopic (exact) mass is 424 g/mol. The Hall–Kier alpha value is -2.25. The molecule has 0 aliphatic heterocycles. The standard InChI is InChI=1S/C27H34F2N2/c1-3-18-31(19-21-10-6-5-7-11-21)23(4-2)16-17-27(20-30,22-12-8-13-22)26-24(28)14-9-15-25(26)29/h5-7,9-11,14-15,22-23H,3-4,8,12-13,16-19H2,1-2H3. The van der Waals surface area contributed by atoms with Crippen LogP contribution in [-0.2, 0) is 12.0 Å². The molecule has 1 saturated carbocycles. The van der Waals surface area contributed by atoms with Gasteiger partial charge in [-0.25, -0.2) is 8.78 Å². The summed E-state index contributed by atoms with van der Waals surface area (Å²) < 4.78 is 29.6. The second-order valence-corrected chi connectivity index (χ2v) is 8.86. The molecule has 1 fully saturated rings. The highest BCUT2D eigenvalue weighted by Crippen LogP contribution is 2.48. The van der Waals surface area contributed by atoms with E-state index in [-0.39, 0.29) is 17.5 Å². The molecule has 1 aliphatic carbocycles. The van der Waals surface area contributed by atoms with Crippen molar-refractivity contribution < 1.29 is 8.78 Å². The van der Waals surface area contributed by atoms with E-state index in [1.807, 2.05) is 6.07 Å². The van der Waals surface area contributed by atoms with Gasteiger partial charge in [0.25, 0.3) is 0 Å². The van der Waals surface area contributed by atoms with E-state index in [1.54, 1.807) is 0 Å². The van der Waals surface area contributed by atoms with E-state index in [4.69, 9.17) is 0 Å². The molecular weight excluding hydrogens is 390 g/mol. The van der Waals surface area contributed by atoms with E-state index in [0.717, 1.165) is 51.6 Å². The molecule has 0 bridgehead atoms. The van der Waals surface area contributed by atoms with Crippen molar-refractivity contribution in [3.63, 3.8) is 0 Å². The number of hydrogen-bond donors (Lipinski definition) is 0. The lowest BCUT2D eigenvalue weighted by Gasteiger charge is -2.42. The molecule has 2 aromatic carbocycles. The number of nitriles is 1. The minimum absolute atomic E-state index is 0.0119. The van der Waals surface area contributed by atoms with E-state index >= 15 is 0 Å². The molecule has 166 valence electrons. The highest BCUT2D eigenvalue weighted by atomic mass is 19.1. The highest BCUT2D eigenvalue weighted by Gasteiger charge is 2.47. The van der Waals surface area contributed by atoms with Crippen LogP contribution in [0.3, 0.4) is 0 Å². The molecule has 0 amide bonds. The van der Waals surface area contributed by atoms with Gasteiger partial charge in [0.15, 0.2) is 0 Å². The maximum Gasteiger partial charge on any atom is 0.130 e. The van der Waals surface area contributed by atoms with Crippen molar-refractivity contribution in [2.45, 2.75) is 76.8 Å². The number of halogens is 2. The summed E-state index contributed by atoms with van der Waals surface area (Å²) >= 11 is 0. The summed E-state index contributed by atoms with van der Waals surface area (Å²) in [4.78, 5) is 2.47. The first-order chi connectivity index (χ1) is 15.1. The molecule has 0 spiro atoms. The van der Waals surface area contributed by atoms with Crippen LogP contribution in [0.2, 0.25) is 0 Å². The van der Waals surface area contributed by atoms with Crippen molar-refractivity contribution in [3.8, 4) is 6.07 Å². The van der Waals surface area contributed by atoms with E-state index in [1.165, 1.54) is 23.8 Å². The molecule has 2 nitrogen and oxygen atoms in total. The largest absolute Gasteiger partial charge is 0.296 e. The van der Waals surface area contributed by atoms with Crippen molar-refractivity contribution >= 4 is 0 Å². The zero-order valence-electron chi connectivity index (χ0n) is 18.8. The summed E-state index contributed by atoms with van der Waals surface area (Å²) in [6.07, 6.45) is 5.97. The molecule has 4 heteroatoms. The van der Waals surface area contributed by atoms with Crippen molar-refractivity contribution in [1.82, 2.24) is 4.90 Å². The average molecular weight is 425 g/mol. The Morgan fingerprint density at radius 1 is 1.06 bits per heavy atom. The van der Waals surface area contributed by atoms with Crippen LogP contribution in [0.5, 0.6) is 0 Å². The molecule has 2 atom stereocenters. The van der Waals surface area contributed by atoms with Crippen molar-refractivity contribution in [1.29, 1.82) is 5.26 Å². The maximum atomic E-state index is 14.8. The van der Waals surface area contributed by atoms with Crippen LogP contribution in [0.1, 0.15) is 69.9 Å². The third-order valence-corrected chi connectivity index (χ3v) is 7.01. The zero-order valence-corrected chi connectivity index (χ0v) is 18.8. The first-order valence-corrected chi connectivity index (χ1v) is 11.7. The van der Waals surface area contributed by atoms with Gasteiger partial charge in [-0.05, 0) is 68.7 Å². The number of hydrogen-bond acceptors (Lipinski definition) is 2. The molecule has 2 unspecified atom stereocenters. The zero-order chi connectivity index (χ0) is 22.3. The Kier molecular flexibility index (Phi) is 8.21. The summed E-state index contributed by atoms with van der Waals surface area (Å²) in [5.41, 5.74) is 0.161. The van der Waals surface area contributed by atoms with Gasteiger partial charge in [-0.1, -0.05) is 56.7 Å². The van der Waals surface area contributed by atoms with Gasteiger partial charge >= 0.3 is 0 Å². The second kappa shape index (κ2) is 10.9. The van der Waals surface area contributed by atoms with Crippen molar-refractivity contribution in [3.05, 3.63) is 71.3 Å². The van der Waals surface area contributed by atoms with Gasteiger partial charge in [0, 0.05) is 18.2 Å². The summed E-state index contributed by atoms with van der Waals surface area (Å²) in [5, 5.41) is 10.3. The van der Waals surface area contributed by atoms with Crippen LogP contribution in [0, 0.1) is 28.9 Å². The first-order valence-electron chi connectivity index (χ1n) is 11.7. The topological polar surface area (TPSA) is 27.0 Å². The Morgan fingerprint density at radius 2 is 1.74 bits per heavy atom. The van der Waals surface area contributed by atoms with Gasteiger partial charge < -0.3 is 0 Å². The third-order valence-electron chi connectivity index (χ3n) is 7.01. The molecule has 0 N–H and O–H groups in total. The summed E-state index contributed by atoms with van der Waals surface area (Å²) in [6.45, 7) is 6.15. The number of benzene rings is 2. The lowest BCUT2D eigenvalue weighted by molar-refractivity contribution is 0.138. The quantitative estimate of drug-likeness (QED) is 0.388. The van der Waals surface area contributed by atoms with E-state index < -0.39 is 17.0 Å². The van der Waals surface area contributed by atoms with E-state index in [9.17, 15) is 14.0 Å². The van der Waals surface area contributed by atoms with E-state index in [0.29, 0.717) is 6.42 Å². The predicted molar refractivity (Wildman–Crippen MR) is 121 cm³/mol. The molecule has 3 rings (SSSR count). The predicted octanol–water partition coefficient (Wildman–Crippen LogP) is 7.00. The normalized spacial score (nSPS) is 17.0. The van der Waals surface area contributed by atoms with Gasteiger partial charge in [0.1, 0.15) is 11.6 Å². The molecule has 0 aromatic heterocycles. The number of rotatable bonds is 11. The van der Waals surface area contributed by atoms with Gasteiger partial charge in [-0.2, -0.15) is 5.26 Å². The summed E-state index contributed by atoms with van der Waals surface area (Å²) in [5.74, 6) is -1.15. The minimum atomic E-state index is -1.09. The van der Waals surface area contributed by atoms with E-state index in [2.05, 4.69) is 49.1 Å². The molecule has 0 heterocycles. The molecule has 1 aliphatic rings. The molecular formula is C27H34F2N2. The van der Waals surface area contributed by atoms with Crippen LogP contribution >= 0.6 is 0 Å². The smallest absolute Gasteiger partial charge is 0.130 e. The Balaban J connectivity index is 1.86. The van der Waals surface area contributed by atoms with Crippen LogP contribution in [0.15, 0.2) is 48.5 Å². The fourth-order valence-corrected chi connectivity index (χ4v) is 5.10. The van der Waals surface area contributed by atoms with Gasteiger partial charge in [-0.3, -0.25) is 4.90 Å². The minimum Gasteiger partial charge on any atom is -0.296 e. The number of nitrogens with zero attached hydrogens (tertiary/aromatic N) is 2. The lowest BCUT2D eigenvalue weighted by atomic mass is 9.60. The van der Waals surface area contributed by atoms with Crippen LogP contribution < -0.4 is 0 Å². The Labute approximate surface area is 185 Å². The Bertz CT molecular complexity index is 852. The lowest BCUT2D eigenvalue weighted by Crippen LogP contribution is -2.42. The van der Waals surface area contributed by atoms with Crippen LogP contribution in [0.25, 0.3) is 0 Å². The van der Waals surface area contributed by atoms with Crippen molar-refractivity contribution in [2.24, 2.45) is 5.92 Å². The molecule has 31 heavy (non-hydrogen) atoms. The molecule has 0 saturated heterocycles. The molecule has 0 radical (unpaired) electrons. The van der Waals surface area contributed by atoms with Crippen LogP contribution in [-0.4, -0.2) is 17.5 Å². The SMILES string of the molecule is CCCN(Cc1ccccc1)C(CC)CCC(C#N)(c1c(F)cccc1F)C1CCC1. The summed E-state index contributed by atoms with van der Waals surface area (Å²) in [6, 6.07) is 17.1. The second-order valence-electron chi connectivity index (χ2n) is 8.86. The van der Waals surface area contributed by atoms with Crippen LogP contribution in [0.4, 0.5) is 8.78 Å². The van der Waals surface area contributed by atoms with Crippen molar-refractivity contribution in [2.75, 3.05) is 6.54 Å². The average Bonchev–Trinajstić information content (AvgIpc) is 2.73. The van der Waals surface area contributed by atoms with Gasteiger partial charge in [0.05, 0.1) is 11.5 Å². The third kappa shape index (κ3) is 5.15. The Morgan fingerprint density at radius 3 is 2.26 bits per heavy atom. The van der Waals surface area contributed by atoms with Gasteiger partial charge in [-0.15, -0.1) is 0 Å². The summed E-state index contributed by atoms with van der Waals surface area (Å²) in [7, 11) is 0. The molecule has 2 aromatic rings. The maximum absolute atomic E-state index is 14.8. The van der Waals surface area contributed by atoms with Gasteiger partial charge in [0.2, 0.25) is 0 Å². The highest BCUT2D eigenvalue weighted by molar-refractivity contribution is 5.37. The fourth-order valence-electron chi connectivity index (χ4n) is 5.10.